The molecule has 1 N–H and O–H groups in total. The molecule has 0 aliphatic rings. The maximum atomic E-state index is 14.4. The molecular weight excluding hydrogens is 413 g/mol. The summed E-state index contributed by atoms with van der Waals surface area (Å²) in [7, 11) is 0. The lowest BCUT2D eigenvalue weighted by Gasteiger charge is -2.12. The number of hydrogen-bond acceptors (Lipinski definition) is 4. The van der Waals surface area contributed by atoms with Crippen molar-refractivity contribution >= 4 is 34.1 Å². The second-order valence-electron chi connectivity index (χ2n) is 7.09. The van der Waals surface area contributed by atoms with E-state index in [1.165, 1.54) is 17.4 Å². The van der Waals surface area contributed by atoms with Gasteiger partial charge in [0.1, 0.15) is 11.6 Å². The number of anilines is 1. The minimum absolute atomic E-state index is 0.215. The second-order valence-corrected chi connectivity index (χ2v) is 8.04. The van der Waals surface area contributed by atoms with Gasteiger partial charge in [-0.2, -0.15) is 9.78 Å². The maximum absolute atomic E-state index is 14.4. The summed E-state index contributed by atoms with van der Waals surface area (Å²) in [5.41, 5.74) is 2.88. The molecule has 0 spiro atoms. The van der Waals surface area contributed by atoms with Crippen LogP contribution in [-0.2, 0) is 6.54 Å². The number of hydrogen-bond donors (Lipinski definition) is 1. The molecule has 0 aliphatic carbocycles. The molecule has 0 unspecified atom stereocenters. The Kier molecular flexibility index (Phi) is 4.83. The standard InChI is InChI=1S/C23H18FN5OS/c1-15-13-21(26-22(30)20-11-6-12-31-20)29(27-15)23-25-18-9-4-5-10-19(18)28(23)14-16-7-2-3-8-17(16)24/h2-13H,14H2,1H3,(H,26,30). The lowest BCUT2D eigenvalue weighted by Crippen LogP contribution is -2.17. The van der Waals surface area contributed by atoms with Crippen molar-refractivity contribution in [2.45, 2.75) is 13.5 Å². The molecule has 31 heavy (non-hydrogen) atoms. The van der Waals surface area contributed by atoms with E-state index in [1.807, 2.05) is 53.3 Å². The highest BCUT2D eigenvalue weighted by atomic mass is 32.1. The fourth-order valence-corrected chi connectivity index (χ4v) is 4.12. The van der Waals surface area contributed by atoms with Crippen LogP contribution in [0.1, 0.15) is 20.9 Å². The Hall–Kier alpha value is -3.78. The summed E-state index contributed by atoms with van der Waals surface area (Å²) >= 11 is 1.36. The summed E-state index contributed by atoms with van der Waals surface area (Å²) in [6.45, 7) is 2.13. The van der Waals surface area contributed by atoms with Gasteiger partial charge in [0.15, 0.2) is 0 Å². The molecular formula is C23H18FN5OS. The molecule has 8 heteroatoms. The zero-order valence-electron chi connectivity index (χ0n) is 16.6. The topological polar surface area (TPSA) is 64.7 Å². The third kappa shape index (κ3) is 3.62. The van der Waals surface area contributed by atoms with Crippen molar-refractivity contribution in [3.63, 3.8) is 0 Å². The number of imidazole rings is 1. The number of aromatic nitrogens is 4. The Balaban J connectivity index is 1.62. The lowest BCUT2D eigenvalue weighted by molar-refractivity contribution is 0.103. The number of thiophene rings is 1. The smallest absolute Gasteiger partial charge is 0.266 e. The summed E-state index contributed by atoms with van der Waals surface area (Å²) in [6.07, 6.45) is 0. The molecule has 0 aliphatic heterocycles. The highest BCUT2D eigenvalue weighted by Crippen LogP contribution is 2.25. The van der Waals surface area contributed by atoms with Crippen LogP contribution in [0.2, 0.25) is 0 Å². The number of nitrogens with zero attached hydrogens (tertiary/aromatic N) is 4. The van der Waals surface area contributed by atoms with Crippen LogP contribution in [0.25, 0.3) is 17.0 Å². The Morgan fingerprint density at radius 2 is 1.90 bits per heavy atom. The molecule has 0 bridgehead atoms. The van der Waals surface area contributed by atoms with Crippen LogP contribution in [0.3, 0.4) is 0 Å². The molecule has 3 aromatic heterocycles. The van der Waals surface area contributed by atoms with Crippen molar-refractivity contribution in [2.24, 2.45) is 0 Å². The predicted molar refractivity (Wildman–Crippen MR) is 119 cm³/mol. The molecule has 6 nitrogen and oxygen atoms in total. The van der Waals surface area contributed by atoms with Crippen molar-refractivity contribution < 1.29 is 9.18 Å². The van der Waals surface area contributed by atoms with Crippen LogP contribution in [0.5, 0.6) is 0 Å². The number of rotatable bonds is 5. The van der Waals surface area contributed by atoms with Crippen molar-refractivity contribution in [1.82, 2.24) is 19.3 Å². The Morgan fingerprint density at radius 3 is 2.71 bits per heavy atom. The number of benzene rings is 2. The van der Waals surface area contributed by atoms with Crippen LogP contribution >= 0.6 is 11.3 Å². The summed E-state index contributed by atoms with van der Waals surface area (Å²) in [5.74, 6) is 0.502. The summed E-state index contributed by atoms with van der Waals surface area (Å²) < 4.78 is 17.9. The van der Waals surface area contributed by atoms with Gasteiger partial charge < -0.3 is 9.88 Å². The molecule has 5 rings (SSSR count). The Morgan fingerprint density at radius 1 is 1.10 bits per heavy atom. The van der Waals surface area contributed by atoms with Gasteiger partial charge in [-0.1, -0.05) is 36.4 Å². The first-order valence-electron chi connectivity index (χ1n) is 9.71. The number of fused-ring (bicyclic) bond motifs is 1. The number of carbonyl (C=O) groups excluding carboxylic acids is 1. The number of aryl methyl sites for hydroxylation is 1. The minimum atomic E-state index is -0.283. The van der Waals surface area contributed by atoms with E-state index in [0.29, 0.717) is 22.2 Å². The van der Waals surface area contributed by atoms with Crippen LogP contribution in [0.15, 0.2) is 72.1 Å². The van der Waals surface area contributed by atoms with Gasteiger partial charge in [-0.25, -0.2) is 9.37 Å². The third-order valence-electron chi connectivity index (χ3n) is 4.93. The average molecular weight is 431 g/mol. The van der Waals surface area contributed by atoms with Crippen LogP contribution in [-0.4, -0.2) is 25.2 Å². The van der Waals surface area contributed by atoms with Crippen LogP contribution in [0, 0.1) is 12.7 Å². The number of para-hydroxylation sites is 2. The monoisotopic (exact) mass is 431 g/mol. The molecule has 0 fully saturated rings. The van der Waals surface area contributed by atoms with E-state index in [1.54, 1.807) is 28.9 Å². The Bertz CT molecular complexity index is 1390. The normalized spacial score (nSPS) is 11.2. The molecule has 3 heterocycles. The summed E-state index contributed by atoms with van der Waals surface area (Å²) in [6, 6.07) is 19.7. The fraction of sp³-hybridized carbons (Fsp3) is 0.0870. The number of nitrogens with one attached hydrogen (secondary N) is 1. The predicted octanol–water partition coefficient (Wildman–Crippen LogP) is 5.03. The SMILES string of the molecule is Cc1cc(NC(=O)c2cccs2)n(-c2nc3ccccc3n2Cc2ccccc2F)n1. The highest BCUT2D eigenvalue weighted by molar-refractivity contribution is 7.12. The van der Waals surface area contributed by atoms with Gasteiger partial charge in [-0.05, 0) is 36.6 Å². The first-order chi connectivity index (χ1) is 15.1. The molecule has 1 amide bonds. The third-order valence-corrected chi connectivity index (χ3v) is 5.80. The zero-order chi connectivity index (χ0) is 21.4. The number of halogens is 1. The van der Waals surface area contributed by atoms with E-state index in [4.69, 9.17) is 4.98 Å². The van der Waals surface area contributed by atoms with Gasteiger partial charge in [0.2, 0.25) is 5.95 Å². The van der Waals surface area contributed by atoms with Gasteiger partial charge in [0.25, 0.3) is 5.91 Å². The van der Waals surface area contributed by atoms with Crippen molar-refractivity contribution in [3.8, 4) is 5.95 Å². The van der Waals surface area contributed by atoms with Gasteiger partial charge in [0.05, 0.1) is 28.1 Å². The van der Waals surface area contributed by atoms with E-state index in [2.05, 4.69) is 10.4 Å². The average Bonchev–Trinajstić information content (AvgIpc) is 3.49. The molecule has 0 atom stereocenters. The molecule has 2 aromatic carbocycles. The molecule has 154 valence electrons. The van der Waals surface area contributed by atoms with Gasteiger partial charge in [-0.15, -0.1) is 11.3 Å². The largest absolute Gasteiger partial charge is 0.306 e. The van der Waals surface area contributed by atoms with Crippen molar-refractivity contribution in [1.29, 1.82) is 0 Å². The van der Waals surface area contributed by atoms with Gasteiger partial charge >= 0.3 is 0 Å². The van der Waals surface area contributed by atoms with Crippen molar-refractivity contribution in [3.05, 3.63) is 94.1 Å². The van der Waals surface area contributed by atoms with E-state index >= 15 is 0 Å². The fourth-order valence-electron chi connectivity index (χ4n) is 3.50. The summed E-state index contributed by atoms with van der Waals surface area (Å²) in [4.78, 5) is 18.0. The van der Waals surface area contributed by atoms with E-state index in [0.717, 1.165) is 16.7 Å². The van der Waals surface area contributed by atoms with E-state index in [9.17, 15) is 9.18 Å². The zero-order valence-corrected chi connectivity index (χ0v) is 17.4. The van der Waals surface area contributed by atoms with Crippen molar-refractivity contribution in [2.75, 3.05) is 5.32 Å². The molecule has 5 aromatic rings. The second kappa shape index (κ2) is 7.81. The summed E-state index contributed by atoms with van der Waals surface area (Å²) in [5, 5.41) is 9.34. The first-order valence-corrected chi connectivity index (χ1v) is 10.6. The molecule has 0 saturated carbocycles. The molecule has 0 saturated heterocycles. The van der Waals surface area contributed by atoms with Crippen LogP contribution < -0.4 is 5.32 Å². The van der Waals surface area contributed by atoms with E-state index < -0.39 is 0 Å². The Labute approximate surface area is 181 Å². The lowest BCUT2D eigenvalue weighted by atomic mass is 10.2. The maximum Gasteiger partial charge on any atom is 0.266 e. The number of amides is 1. The molecule has 0 radical (unpaired) electrons. The van der Waals surface area contributed by atoms with E-state index in [-0.39, 0.29) is 18.3 Å². The quantitative estimate of drug-likeness (QED) is 0.424. The highest BCUT2D eigenvalue weighted by Gasteiger charge is 2.19. The number of carbonyl (C=O) groups is 1. The van der Waals surface area contributed by atoms with Gasteiger partial charge in [0, 0.05) is 11.6 Å². The minimum Gasteiger partial charge on any atom is -0.306 e. The van der Waals surface area contributed by atoms with Gasteiger partial charge in [-0.3, -0.25) is 4.79 Å². The van der Waals surface area contributed by atoms with Crippen LogP contribution in [0.4, 0.5) is 10.2 Å². The first kappa shape index (κ1) is 19.2.